The quantitative estimate of drug-likeness (QED) is 0.0528. The van der Waals surface area contributed by atoms with Gasteiger partial charge in [0.25, 0.3) is 11.8 Å². The minimum Gasteiger partial charge on any atom is -0.444 e. The number of nitrogens with one attached hydrogen (secondary N) is 4. The summed E-state index contributed by atoms with van der Waals surface area (Å²) < 4.78 is 75.2. The molecule has 7 amide bonds. The number of ether oxygens (including phenoxy) is 1. The Morgan fingerprint density at radius 1 is 0.721 bits per heavy atom. The zero-order valence-corrected chi connectivity index (χ0v) is 35.4. The number of carbonyl (C=O) groups is 5. The first-order valence-electron chi connectivity index (χ1n) is 19.4. The summed E-state index contributed by atoms with van der Waals surface area (Å²) >= 11 is 0. The average molecular weight is 912 g/mol. The van der Waals surface area contributed by atoms with Crippen LogP contribution in [-0.2, 0) is 53.4 Å². The van der Waals surface area contributed by atoms with Gasteiger partial charge in [-0.05, 0) is 72.1 Å². The smallest absolute Gasteiger partial charge is 0.418 e. The summed E-state index contributed by atoms with van der Waals surface area (Å²) in [5, 5.41) is 11.2. The maximum absolute atomic E-state index is 12.6. The van der Waals surface area contributed by atoms with E-state index in [1.165, 1.54) is 9.80 Å². The Kier molecular flexibility index (Phi) is 14.8. The van der Waals surface area contributed by atoms with Gasteiger partial charge >= 0.3 is 39.0 Å². The van der Waals surface area contributed by atoms with Crippen molar-refractivity contribution < 1.29 is 72.9 Å². The molecule has 6 rings (SSSR count). The zero-order valence-electron chi connectivity index (χ0n) is 33.8. The Morgan fingerprint density at radius 2 is 1.11 bits per heavy atom. The molecule has 6 fully saturated rings. The van der Waals surface area contributed by atoms with Gasteiger partial charge < -0.3 is 30.1 Å². The van der Waals surface area contributed by atoms with Crippen molar-refractivity contribution in [3.8, 4) is 0 Å². The number of carbonyl (C=O) groups excluding carboxylic acids is 5. The Balaban J connectivity index is 0.000000237. The highest BCUT2D eigenvalue weighted by atomic mass is 32.3. The number of piperidine rings is 4. The van der Waals surface area contributed by atoms with Crippen LogP contribution in [0.1, 0.15) is 72.1 Å². The summed E-state index contributed by atoms with van der Waals surface area (Å²) in [6, 6.07) is -4.42. The number of rotatable bonds is 12. The monoisotopic (exact) mass is 911 g/mol. The number of nitrogens with zero attached hydrogens (tertiary/aromatic N) is 6. The van der Waals surface area contributed by atoms with Crippen molar-refractivity contribution in [2.75, 3.05) is 39.3 Å². The SMILES string of the molecule is C=C(NC(=O)OC(C)(C)C)N1CCC(ONC(=O)[C@@H]2CC[C@@H]3CN2C(=O)N3OS(=O)(=O)O)CC1.N=C(N)N1CCC(ONC(=O)[C@@H]2CC[C@@H]3CN2C(=O)N3OS(=O)(=O)O)CC1. The first kappa shape index (κ1) is 47.3. The van der Waals surface area contributed by atoms with Crippen LogP contribution in [0.4, 0.5) is 14.4 Å². The van der Waals surface area contributed by atoms with Crippen molar-refractivity contribution in [1.82, 2.24) is 46.0 Å². The predicted molar refractivity (Wildman–Crippen MR) is 205 cm³/mol. The molecule has 0 aromatic heterocycles. The molecule has 27 nitrogen and oxygen atoms in total. The molecule has 0 aromatic carbocycles. The number of urea groups is 2. The van der Waals surface area contributed by atoms with Crippen molar-refractivity contribution in [3.05, 3.63) is 12.4 Å². The van der Waals surface area contributed by atoms with Gasteiger partial charge in [0.05, 0.1) is 24.3 Å². The summed E-state index contributed by atoms with van der Waals surface area (Å²) in [4.78, 5) is 78.6. The summed E-state index contributed by atoms with van der Waals surface area (Å²) in [6.45, 7) is 11.5. The van der Waals surface area contributed by atoms with E-state index < -0.39 is 80.5 Å². The van der Waals surface area contributed by atoms with Gasteiger partial charge in [-0.2, -0.15) is 27.0 Å². The van der Waals surface area contributed by atoms with E-state index in [1.54, 1.807) is 25.7 Å². The molecular weight excluding hydrogens is 859 g/mol. The van der Waals surface area contributed by atoms with Crippen LogP contribution in [0.25, 0.3) is 0 Å². The lowest BCUT2D eigenvalue weighted by Gasteiger charge is -2.35. The minimum absolute atomic E-state index is 0.00143. The van der Waals surface area contributed by atoms with Crippen LogP contribution in [-0.4, -0.2) is 173 Å². The third kappa shape index (κ3) is 12.9. The van der Waals surface area contributed by atoms with Gasteiger partial charge in [0, 0.05) is 39.3 Å². The summed E-state index contributed by atoms with van der Waals surface area (Å²) in [5.41, 5.74) is 9.57. The lowest BCUT2D eigenvalue weighted by atomic mass is 10.0. The van der Waals surface area contributed by atoms with E-state index in [-0.39, 0.29) is 37.7 Å². The Bertz CT molecular complexity index is 1920. The number of likely N-dealkylation sites (tertiary alicyclic amines) is 2. The van der Waals surface area contributed by atoms with E-state index >= 15 is 0 Å². The molecule has 4 atom stereocenters. The second kappa shape index (κ2) is 19.1. The average Bonchev–Trinajstić information content (AvgIpc) is 3.53. The Hall–Kier alpha value is -4.78. The number of alkyl carbamates (subject to hydrolysis) is 1. The minimum atomic E-state index is -4.85. The molecule has 0 radical (unpaired) electrons. The molecule has 0 saturated carbocycles. The second-order valence-electron chi connectivity index (χ2n) is 16.0. The lowest BCUT2D eigenvalue weighted by molar-refractivity contribution is -0.146. The fourth-order valence-electron chi connectivity index (χ4n) is 7.59. The largest absolute Gasteiger partial charge is 0.444 e. The normalized spacial score (nSPS) is 24.9. The number of nitrogens with two attached hydrogens (primary N) is 1. The van der Waals surface area contributed by atoms with Crippen LogP contribution < -0.4 is 22.0 Å². The maximum Gasteiger partial charge on any atom is 0.418 e. The molecule has 8 N–H and O–H groups in total. The van der Waals surface area contributed by atoms with Gasteiger partial charge in [-0.3, -0.25) is 39.1 Å². The fourth-order valence-corrected chi connectivity index (χ4v) is 8.36. The fraction of sp³-hybridized carbons (Fsp3) is 0.750. The van der Waals surface area contributed by atoms with Crippen LogP contribution in [0.3, 0.4) is 0 Å². The molecule has 0 spiro atoms. The highest BCUT2D eigenvalue weighted by molar-refractivity contribution is 7.81. The lowest BCUT2D eigenvalue weighted by Crippen LogP contribution is -2.51. The molecule has 0 unspecified atom stereocenters. The maximum atomic E-state index is 12.6. The van der Waals surface area contributed by atoms with Crippen molar-refractivity contribution in [1.29, 1.82) is 5.41 Å². The number of hydrogen-bond donors (Lipinski definition) is 7. The topological polar surface area (TPSA) is 346 Å². The Morgan fingerprint density at radius 3 is 1.48 bits per heavy atom. The standard InChI is InChI=1S/C19H31N5O9S.C13H22N6O7S/c1-12(20-17(26)31-19(2,3)4)22-9-7-14(8-10-22)32-21-16(25)15-6-5-13-11-23(15)18(27)24(13)33-34(28,29)30;14-12(15)17-5-3-9(4-6-17)25-16-11(20)10-2-1-8-7-18(10)13(21)19(8)26-27(22,23)24/h13-15H,1,5-11H2,2-4H3,(H,20,26)(H,21,25)(H,28,29,30);8-10H,1-7H2,(H3,14,15)(H,16,20)(H,22,23,24)/t13-,15+;8-,10+/m11/s1. The van der Waals surface area contributed by atoms with Crippen LogP contribution in [0.5, 0.6) is 0 Å². The van der Waals surface area contributed by atoms with E-state index in [2.05, 4.69) is 31.4 Å². The third-order valence-corrected chi connectivity index (χ3v) is 11.2. The van der Waals surface area contributed by atoms with Crippen LogP contribution in [0.15, 0.2) is 12.4 Å². The summed E-state index contributed by atoms with van der Waals surface area (Å²) in [7, 11) is -9.68. The molecule has 29 heteroatoms. The third-order valence-electron chi connectivity index (χ3n) is 10.5. The highest BCUT2D eigenvalue weighted by Crippen LogP contribution is 2.32. The van der Waals surface area contributed by atoms with Gasteiger partial charge in [-0.25, -0.2) is 25.3 Å². The molecule has 6 aliphatic heterocycles. The van der Waals surface area contributed by atoms with Crippen molar-refractivity contribution in [2.24, 2.45) is 5.73 Å². The molecule has 344 valence electrons. The first-order valence-corrected chi connectivity index (χ1v) is 22.1. The molecule has 0 aromatic rings. The van der Waals surface area contributed by atoms with Crippen molar-refractivity contribution in [3.63, 3.8) is 0 Å². The summed E-state index contributed by atoms with van der Waals surface area (Å²) in [5.74, 6) is -0.625. The number of hydroxylamine groups is 6. The van der Waals surface area contributed by atoms with E-state index in [9.17, 15) is 40.8 Å². The number of guanidine groups is 1. The van der Waals surface area contributed by atoms with E-state index in [0.29, 0.717) is 87.1 Å². The summed E-state index contributed by atoms with van der Waals surface area (Å²) in [6.07, 6.45) is 2.44. The number of fused-ring (bicyclic) bond motifs is 4. The van der Waals surface area contributed by atoms with Crippen molar-refractivity contribution in [2.45, 2.75) is 114 Å². The van der Waals surface area contributed by atoms with Gasteiger partial charge in [0.1, 0.15) is 23.5 Å². The number of hydrogen-bond acceptors (Lipinski definition) is 16. The number of amides is 7. The molecule has 6 heterocycles. The van der Waals surface area contributed by atoms with Gasteiger partial charge in [0.15, 0.2) is 5.96 Å². The molecular formula is C32H53N11O16S2. The predicted octanol–water partition coefficient (Wildman–Crippen LogP) is -1.11. The zero-order chi connectivity index (χ0) is 45.0. The molecule has 0 aliphatic carbocycles. The van der Waals surface area contributed by atoms with E-state index in [4.69, 9.17) is 34.7 Å². The second-order valence-corrected chi connectivity index (χ2v) is 18.0. The van der Waals surface area contributed by atoms with E-state index in [1.807, 2.05) is 4.90 Å². The van der Waals surface area contributed by atoms with Gasteiger partial charge in [-0.15, -0.1) is 8.57 Å². The highest BCUT2D eigenvalue weighted by Gasteiger charge is 2.51. The van der Waals surface area contributed by atoms with Crippen LogP contribution in [0.2, 0.25) is 0 Å². The molecule has 4 bridgehead atoms. The molecule has 6 saturated heterocycles. The van der Waals surface area contributed by atoms with Gasteiger partial charge in [0.2, 0.25) is 0 Å². The van der Waals surface area contributed by atoms with Crippen LogP contribution >= 0.6 is 0 Å². The van der Waals surface area contributed by atoms with E-state index in [0.717, 1.165) is 0 Å². The Labute approximate surface area is 351 Å². The van der Waals surface area contributed by atoms with Crippen molar-refractivity contribution >= 4 is 56.7 Å². The molecule has 6 aliphatic rings. The van der Waals surface area contributed by atoms with Gasteiger partial charge in [-0.1, -0.05) is 6.58 Å². The van der Waals surface area contributed by atoms with Crippen LogP contribution in [0, 0.1) is 5.41 Å². The molecule has 61 heavy (non-hydrogen) atoms. The first-order chi connectivity index (χ1) is 28.4.